The van der Waals surface area contributed by atoms with Crippen molar-refractivity contribution in [1.82, 2.24) is 9.80 Å². The zero-order valence-electron chi connectivity index (χ0n) is 16.4. The van der Waals surface area contributed by atoms with Gasteiger partial charge in [0.1, 0.15) is 5.69 Å². The number of nitro benzene ring substituents is 1. The first-order chi connectivity index (χ1) is 14.1. The maximum atomic E-state index is 12.9. The Morgan fingerprint density at radius 2 is 1.69 bits per heavy atom. The number of hydrogen-bond acceptors (Lipinski definition) is 5. The van der Waals surface area contributed by atoms with Gasteiger partial charge < -0.3 is 10.2 Å². The van der Waals surface area contributed by atoms with Crippen LogP contribution in [0.2, 0.25) is 0 Å². The first kappa shape index (κ1) is 19.4. The summed E-state index contributed by atoms with van der Waals surface area (Å²) in [6, 6.07) is 14.6. The van der Waals surface area contributed by atoms with Gasteiger partial charge in [0.2, 0.25) is 0 Å². The number of carbonyl (C=O) groups is 1. The number of rotatable bonds is 5. The minimum Gasteiger partial charge on any atom is -0.350 e. The number of piperazine rings is 1. The standard InChI is InChI=1S/C22H26N4O3/c27-22(25-14-12-24(13-15-25)19-8-4-5-9-19)17-10-11-20(21(16-17)26(28)29)23-18-6-2-1-3-7-18/h1-3,6-7,10-11,16,19,23H,4-5,8-9,12-15H2. The van der Waals surface area contributed by atoms with E-state index in [0.717, 1.165) is 18.8 Å². The van der Waals surface area contributed by atoms with Crippen LogP contribution in [0.3, 0.4) is 0 Å². The molecule has 1 amide bonds. The van der Waals surface area contributed by atoms with Crippen LogP contribution in [-0.4, -0.2) is 52.9 Å². The van der Waals surface area contributed by atoms with E-state index in [9.17, 15) is 14.9 Å². The summed E-state index contributed by atoms with van der Waals surface area (Å²) < 4.78 is 0. The highest BCUT2D eigenvalue weighted by Crippen LogP contribution is 2.30. The number of anilines is 2. The molecule has 0 bridgehead atoms. The van der Waals surface area contributed by atoms with Crippen LogP contribution in [0.15, 0.2) is 48.5 Å². The van der Waals surface area contributed by atoms with Crippen LogP contribution in [0.1, 0.15) is 36.0 Å². The third-order valence-electron chi connectivity index (χ3n) is 5.94. The highest BCUT2D eigenvalue weighted by molar-refractivity contribution is 5.96. The molecule has 1 N–H and O–H groups in total. The fourth-order valence-electron chi connectivity index (χ4n) is 4.34. The summed E-state index contributed by atoms with van der Waals surface area (Å²) in [5, 5.41) is 14.7. The van der Waals surface area contributed by atoms with E-state index in [2.05, 4.69) is 10.2 Å². The Balaban J connectivity index is 1.46. The summed E-state index contributed by atoms with van der Waals surface area (Å²) in [6.45, 7) is 3.11. The van der Waals surface area contributed by atoms with Crippen molar-refractivity contribution < 1.29 is 9.72 Å². The Kier molecular flexibility index (Phi) is 5.76. The van der Waals surface area contributed by atoms with Crippen molar-refractivity contribution in [3.05, 3.63) is 64.2 Å². The minimum absolute atomic E-state index is 0.0932. The Morgan fingerprint density at radius 3 is 2.34 bits per heavy atom. The topological polar surface area (TPSA) is 78.7 Å². The lowest BCUT2D eigenvalue weighted by Gasteiger charge is -2.38. The number of amides is 1. The van der Waals surface area contributed by atoms with E-state index < -0.39 is 4.92 Å². The molecule has 0 radical (unpaired) electrons. The van der Waals surface area contributed by atoms with Crippen molar-refractivity contribution in [2.45, 2.75) is 31.7 Å². The van der Waals surface area contributed by atoms with E-state index >= 15 is 0 Å². The maximum Gasteiger partial charge on any atom is 0.293 e. The molecule has 1 saturated heterocycles. The molecule has 4 rings (SSSR count). The number of carbonyl (C=O) groups excluding carboxylic acids is 1. The fraction of sp³-hybridized carbons (Fsp3) is 0.409. The lowest BCUT2D eigenvalue weighted by Crippen LogP contribution is -2.51. The maximum absolute atomic E-state index is 12.9. The number of hydrogen-bond donors (Lipinski definition) is 1. The largest absolute Gasteiger partial charge is 0.350 e. The van der Waals surface area contributed by atoms with E-state index in [-0.39, 0.29) is 11.6 Å². The van der Waals surface area contributed by atoms with Gasteiger partial charge in [0, 0.05) is 49.5 Å². The molecular weight excluding hydrogens is 368 g/mol. The van der Waals surface area contributed by atoms with Gasteiger partial charge in [0.25, 0.3) is 11.6 Å². The average molecular weight is 394 g/mol. The summed E-state index contributed by atoms with van der Waals surface area (Å²) in [5.74, 6) is -0.134. The second-order valence-corrected chi connectivity index (χ2v) is 7.75. The Hall–Kier alpha value is -2.93. The van der Waals surface area contributed by atoms with Crippen LogP contribution in [0.4, 0.5) is 17.1 Å². The van der Waals surface area contributed by atoms with Crippen molar-refractivity contribution in [1.29, 1.82) is 0 Å². The molecule has 0 aromatic heterocycles. The van der Waals surface area contributed by atoms with Gasteiger partial charge in [-0.25, -0.2) is 0 Å². The second kappa shape index (κ2) is 8.61. The number of nitro groups is 1. The van der Waals surface area contributed by atoms with Crippen molar-refractivity contribution in [2.75, 3.05) is 31.5 Å². The molecule has 1 aliphatic heterocycles. The van der Waals surface area contributed by atoms with Gasteiger partial charge >= 0.3 is 0 Å². The summed E-state index contributed by atoms with van der Waals surface area (Å²) in [6.07, 6.45) is 5.12. The number of benzene rings is 2. The Bertz CT molecular complexity index is 873. The van der Waals surface area contributed by atoms with Crippen molar-refractivity contribution in [3.63, 3.8) is 0 Å². The van der Waals surface area contributed by atoms with E-state index in [0.29, 0.717) is 30.4 Å². The first-order valence-electron chi connectivity index (χ1n) is 10.3. The molecule has 2 aliphatic rings. The van der Waals surface area contributed by atoms with Gasteiger partial charge in [-0.15, -0.1) is 0 Å². The molecule has 0 atom stereocenters. The second-order valence-electron chi connectivity index (χ2n) is 7.75. The number of nitrogens with one attached hydrogen (secondary N) is 1. The normalized spacial score (nSPS) is 18.0. The molecular formula is C22H26N4O3. The first-order valence-corrected chi connectivity index (χ1v) is 10.3. The van der Waals surface area contributed by atoms with Gasteiger partial charge in [-0.05, 0) is 37.1 Å². The average Bonchev–Trinajstić information content (AvgIpc) is 3.29. The smallest absolute Gasteiger partial charge is 0.293 e. The van der Waals surface area contributed by atoms with Gasteiger partial charge in [-0.1, -0.05) is 31.0 Å². The van der Waals surface area contributed by atoms with Crippen molar-refractivity contribution in [3.8, 4) is 0 Å². The zero-order valence-corrected chi connectivity index (χ0v) is 16.4. The molecule has 1 heterocycles. The quantitative estimate of drug-likeness (QED) is 0.612. The molecule has 7 heteroatoms. The molecule has 29 heavy (non-hydrogen) atoms. The Labute approximate surface area is 170 Å². The van der Waals surface area contributed by atoms with Gasteiger partial charge in [0.15, 0.2) is 0 Å². The molecule has 152 valence electrons. The van der Waals surface area contributed by atoms with E-state index in [1.165, 1.54) is 31.7 Å². The molecule has 0 spiro atoms. The van der Waals surface area contributed by atoms with Gasteiger partial charge in [-0.2, -0.15) is 0 Å². The fourth-order valence-corrected chi connectivity index (χ4v) is 4.34. The van der Waals surface area contributed by atoms with Gasteiger partial charge in [0.05, 0.1) is 4.92 Å². The predicted octanol–water partition coefficient (Wildman–Crippen LogP) is 4.04. The summed E-state index contributed by atoms with van der Waals surface area (Å²) in [5.41, 5.74) is 1.41. The summed E-state index contributed by atoms with van der Waals surface area (Å²) in [4.78, 5) is 28.4. The third kappa shape index (κ3) is 4.40. The highest BCUT2D eigenvalue weighted by atomic mass is 16.6. The van der Waals surface area contributed by atoms with Crippen LogP contribution in [-0.2, 0) is 0 Å². The lowest BCUT2D eigenvalue weighted by atomic mass is 10.1. The van der Waals surface area contributed by atoms with Crippen LogP contribution in [0, 0.1) is 10.1 Å². The van der Waals surface area contributed by atoms with Crippen LogP contribution in [0.5, 0.6) is 0 Å². The van der Waals surface area contributed by atoms with Crippen molar-refractivity contribution >= 4 is 23.0 Å². The minimum atomic E-state index is -0.444. The highest BCUT2D eigenvalue weighted by Gasteiger charge is 2.29. The molecule has 7 nitrogen and oxygen atoms in total. The molecule has 0 unspecified atom stereocenters. The molecule has 2 aromatic rings. The summed E-state index contributed by atoms with van der Waals surface area (Å²) in [7, 11) is 0. The third-order valence-corrected chi connectivity index (χ3v) is 5.94. The molecule has 2 fully saturated rings. The lowest BCUT2D eigenvalue weighted by molar-refractivity contribution is -0.383. The number of para-hydroxylation sites is 1. The van der Waals surface area contributed by atoms with Crippen LogP contribution < -0.4 is 5.32 Å². The SMILES string of the molecule is O=C(c1ccc(Nc2ccccc2)c([N+](=O)[O-])c1)N1CCN(C2CCCC2)CC1. The zero-order chi connectivity index (χ0) is 20.2. The summed E-state index contributed by atoms with van der Waals surface area (Å²) >= 11 is 0. The Morgan fingerprint density at radius 1 is 1.00 bits per heavy atom. The number of nitrogens with zero attached hydrogens (tertiary/aromatic N) is 3. The van der Waals surface area contributed by atoms with Crippen LogP contribution >= 0.6 is 0 Å². The monoisotopic (exact) mass is 394 g/mol. The molecule has 2 aromatic carbocycles. The molecule has 1 aliphatic carbocycles. The van der Waals surface area contributed by atoms with Crippen LogP contribution in [0.25, 0.3) is 0 Å². The van der Waals surface area contributed by atoms with Crippen molar-refractivity contribution in [2.24, 2.45) is 0 Å². The predicted molar refractivity (Wildman–Crippen MR) is 113 cm³/mol. The van der Waals surface area contributed by atoms with Gasteiger partial charge in [-0.3, -0.25) is 19.8 Å². The van der Waals surface area contributed by atoms with E-state index in [4.69, 9.17) is 0 Å². The molecule has 1 saturated carbocycles. The van der Waals surface area contributed by atoms with E-state index in [1.807, 2.05) is 35.2 Å². The van der Waals surface area contributed by atoms with E-state index in [1.54, 1.807) is 12.1 Å².